The Hall–Kier alpha value is -3.94. The number of pyridine rings is 1. The van der Waals surface area contributed by atoms with Gasteiger partial charge in [0.15, 0.2) is 0 Å². The summed E-state index contributed by atoms with van der Waals surface area (Å²) in [7, 11) is 0. The molecule has 2 N–H and O–H groups in total. The van der Waals surface area contributed by atoms with E-state index in [4.69, 9.17) is 9.47 Å². The molecule has 4 aromatic rings. The van der Waals surface area contributed by atoms with Gasteiger partial charge in [-0.15, -0.1) is 0 Å². The second-order valence-electron chi connectivity index (χ2n) is 8.79. The van der Waals surface area contributed by atoms with Gasteiger partial charge in [-0.25, -0.2) is 0 Å². The van der Waals surface area contributed by atoms with Crippen LogP contribution in [0.5, 0.6) is 5.75 Å². The number of nitrogens with one attached hydrogen (secondary N) is 2. The lowest BCUT2D eigenvalue weighted by Gasteiger charge is -2.26. The third-order valence-electron chi connectivity index (χ3n) is 6.49. The number of anilines is 1. The first kappa shape index (κ1) is 21.6. The van der Waals surface area contributed by atoms with Gasteiger partial charge in [-0.05, 0) is 48.0 Å². The van der Waals surface area contributed by atoms with Crippen LogP contribution in [0.25, 0.3) is 33.7 Å². The van der Waals surface area contributed by atoms with Crippen LogP contribution in [0, 0.1) is 0 Å². The Balaban J connectivity index is 1.20. The zero-order valence-electron chi connectivity index (χ0n) is 19.3. The number of hydrogen-bond donors (Lipinski definition) is 2. The summed E-state index contributed by atoms with van der Waals surface area (Å²) < 4.78 is 11.4. The summed E-state index contributed by atoms with van der Waals surface area (Å²) >= 11 is 0. The Morgan fingerprint density at radius 2 is 1.97 bits per heavy atom. The molecule has 0 bridgehead atoms. The smallest absolute Gasteiger partial charge is 0.256 e. The molecule has 7 heteroatoms. The molecule has 0 aliphatic carbocycles. The molecule has 0 atom stereocenters. The second kappa shape index (κ2) is 9.37. The molecule has 2 aromatic heterocycles. The number of benzene rings is 2. The third-order valence-corrected chi connectivity index (χ3v) is 6.49. The molecule has 1 amide bonds. The zero-order chi connectivity index (χ0) is 23.6. The highest BCUT2D eigenvalue weighted by molar-refractivity contribution is 6.35. The molecule has 2 aliphatic rings. The molecule has 6 rings (SSSR count). The highest BCUT2D eigenvalue weighted by Gasteiger charge is 2.24. The van der Waals surface area contributed by atoms with Crippen LogP contribution in [0.1, 0.15) is 11.3 Å². The van der Waals surface area contributed by atoms with E-state index >= 15 is 0 Å². The summed E-state index contributed by atoms with van der Waals surface area (Å²) in [5.41, 5.74) is 6.27. The number of H-pyrrole nitrogens is 1. The minimum absolute atomic E-state index is 0.103. The minimum atomic E-state index is -0.103. The van der Waals surface area contributed by atoms with Crippen LogP contribution >= 0.6 is 0 Å². The van der Waals surface area contributed by atoms with Crippen molar-refractivity contribution in [1.82, 2.24) is 14.9 Å². The van der Waals surface area contributed by atoms with Gasteiger partial charge < -0.3 is 19.8 Å². The SMILES string of the molecule is O=C1Nc2cc(-c3cccnc3)ccc2/C1=C/c1cc2cc(OCCN3CCOCC3)ccc2[nH]1. The summed E-state index contributed by atoms with van der Waals surface area (Å²) in [6.45, 7) is 5.04. The van der Waals surface area contributed by atoms with Crippen LogP contribution in [0.15, 0.2) is 67.0 Å². The number of morpholine rings is 1. The molecule has 7 nitrogen and oxygen atoms in total. The third kappa shape index (κ3) is 4.56. The van der Waals surface area contributed by atoms with E-state index in [2.05, 4.69) is 20.2 Å². The van der Waals surface area contributed by atoms with Crippen molar-refractivity contribution in [1.29, 1.82) is 0 Å². The fraction of sp³-hybridized carbons (Fsp3) is 0.214. The quantitative estimate of drug-likeness (QED) is 0.411. The molecule has 2 aliphatic heterocycles. The molecular formula is C28H26N4O3. The largest absolute Gasteiger partial charge is 0.492 e. The van der Waals surface area contributed by atoms with E-state index < -0.39 is 0 Å². The predicted molar refractivity (Wildman–Crippen MR) is 137 cm³/mol. The van der Waals surface area contributed by atoms with Crippen molar-refractivity contribution in [3.63, 3.8) is 0 Å². The zero-order valence-corrected chi connectivity index (χ0v) is 19.3. The number of amides is 1. The maximum atomic E-state index is 12.8. The molecule has 1 saturated heterocycles. The predicted octanol–water partition coefficient (Wildman–Crippen LogP) is 4.43. The van der Waals surface area contributed by atoms with E-state index in [1.807, 2.05) is 66.9 Å². The van der Waals surface area contributed by atoms with Crippen molar-refractivity contribution >= 4 is 34.1 Å². The molecular weight excluding hydrogens is 440 g/mol. The Morgan fingerprint density at radius 1 is 1.06 bits per heavy atom. The first-order chi connectivity index (χ1) is 17.2. The Kier molecular flexibility index (Phi) is 5.78. The van der Waals surface area contributed by atoms with E-state index in [0.29, 0.717) is 12.2 Å². The lowest BCUT2D eigenvalue weighted by atomic mass is 10.0. The monoisotopic (exact) mass is 466 g/mol. The Bertz CT molecular complexity index is 1400. The number of carbonyl (C=O) groups excluding carboxylic acids is 1. The van der Waals surface area contributed by atoms with Gasteiger partial charge in [0.05, 0.1) is 18.8 Å². The second-order valence-corrected chi connectivity index (χ2v) is 8.79. The van der Waals surface area contributed by atoms with Gasteiger partial charge in [-0.1, -0.05) is 18.2 Å². The van der Waals surface area contributed by atoms with Crippen LogP contribution in [-0.4, -0.2) is 60.2 Å². The molecule has 0 saturated carbocycles. The number of fused-ring (bicyclic) bond motifs is 2. The maximum Gasteiger partial charge on any atom is 0.256 e. The first-order valence-corrected chi connectivity index (χ1v) is 11.9. The molecule has 0 radical (unpaired) electrons. The van der Waals surface area contributed by atoms with Crippen molar-refractivity contribution < 1.29 is 14.3 Å². The van der Waals surface area contributed by atoms with Gasteiger partial charge in [0.1, 0.15) is 12.4 Å². The first-order valence-electron chi connectivity index (χ1n) is 11.9. The van der Waals surface area contributed by atoms with Crippen LogP contribution < -0.4 is 10.1 Å². The number of aromatic nitrogens is 2. The number of nitrogens with zero attached hydrogens (tertiary/aromatic N) is 2. The minimum Gasteiger partial charge on any atom is -0.492 e. The van der Waals surface area contributed by atoms with Crippen molar-refractivity contribution in [2.24, 2.45) is 0 Å². The molecule has 35 heavy (non-hydrogen) atoms. The van der Waals surface area contributed by atoms with Crippen molar-refractivity contribution in [2.45, 2.75) is 0 Å². The number of hydrogen-bond acceptors (Lipinski definition) is 5. The van der Waals surface area contributed by atoms with Gasteiger partial charge in [-0.3, -0.25) is 14.7 Å². The van der Waals surface area contributed by atoms with Gasteiger partial charge >= 0.3 is 0 Å². The Labute approximate surface area is 203 Å². The van der Waals surface area contributed by atoms with Gasteiger partial charge in [0.25, 0.3) is 5.91 Å². The molecule has 0 unspecified atom stereocenters. The van der Waals surface area contributed by atoms with E-state index in [-0.39, 0.29) is 5.91 Å². The molecule has 4 heterocycles. The maximum absolute atomic E-state index is 12.8. The van der Waals surface area contributed by atoms with Crippen molar-refractivity contribution in [2.75, 3.05) is 44.8 Å². The fourth-order valence-electron chi connectivity index (χ4n) is 4.62. The summed E-state index contributed by atoms with van der Waals surface area (Å²) in [5, 5.41) is 4.05. The van der Waals surface area contributed by atoms with E-state index in [1.54, 1.807) is 6.20 Å². The van der Waals surface area contributed by atoms with Gasteiger partial charge in [-0.2, -0.15) is 0 Å². The normalized spacial score (nSPS) is 17.0. The fourth-order valence-corrected chi connectivity index (χ4v) is 4.62. The lowest BCUT2D eigenvalue weighted by Crippen LogP contribution is -2.38. The van der Waals surface area contributed by atoms with Crippen LogP contribution in [-0.2, 0) is 9.53 Å². The number of ether oxygens (including phenoxy) is 2. The molecule has 0 spiro atoms. The highest BCUT2D eigenvalue weighted by atomic mass is 16.5. The number of carbonyl (C=O) groups is 1. The van der Waals surface area contributed by atoms with Crippen LogP contribution in [0.2, 0.25) is 0 Å². The van der Waals surface area contributed by atoms with Crippen molar-refractivity contribution in [3.05, 3.63) is 78.2 Å². The Morgan fingerprint density at radius 3 is 2.83 bits per heavy atom. The average Bonchev–Trinajstić information content (AvgIpc) is 3.44. The average molecular weight is 467 g/mol. The van der Waals surface area contributed by atoms with Crippen LogP contribution in [0.3, 0.4) is 0 Å². The molecule has 2 aromatic carbocycles. The lowest BCUT2D eigenvalue weighted by molar-refractivity contribution is -0.110. The molecule has 176 valence electrons. The molecule has 1 fully saturated rings. The topological polar surface area (TPSA) is 79.5 Å². The van der Waals surface area contributed by atoms with Gasteiger partial charge in [0.2, 0.25) is 0 Å². The van der Waals surface area contributed by atoms with E-state index in [1.165, 1.54) is 0 Å². The van der Waals surface area contributed by atoms with Crippen LogP contribution in [0.4, 0.5) is 5.69 Å². The van der Waals surface area contributed by atoms with E-state index in [0.717, 1.165) is 77.6 Å². The summed E-state index contributed by atoms with van der Waals surface area (Å²) in [6.07, 6.45) is 5.48. The standard InChI is InChI=1S/C28H26N4O3/c33-28-25(24-5-3-19(16-27(24)31-28)20-2-1-7-29-18-20)17-22-14-21-15-23(4-6-26(21)30-22)35-13-10-32-8-11-34-12-9-32/h1-7,14-18,30H,8-13H2,(H,31,33)/b25-17-. The van der Waals surface area contributed by atoms with E-state index in [9.17, 15) is 4.79 Å². The summed E-state index contributed by atoms with van der Waals surface area (Å²) in [6, 6.07) is 18.0. The van der Waals surface area contributed by atoms with Crippen molar-refractivity contribution in [3.8, 4) is 16.9 Å². The summed E-state index contributed by atoms with van der Waals surface area (Å²) in [4.78, 5) is 22.7. The number of aromatic amines is 1. The highest BCUT2D eigenvalue weighted by Crippen LogP contribution is 2.36. The number of rotatable bonds is 6. The van der Waals surface area contributed by atoms with Gasteiger partial charge in [0, 0.05) is 65.4 Å². The summed E-state index contributed by atoms with van der Waals surface area (Å²) in [5.74, 6) is 0.741.